The van der Waals surface area contributed by atoms with Crippen LogP contribution in [0.5, 0.6) is 11.5 Å². The van der Waals surface area contributed by atoms with Crippen LogP contribution < -0.4 is 14.8 Å². The van der Waals surface area contributed by atoms with Crippen molar-refractivity contribution in [2.45, 2.75) is 77.5 Å². The predicted octanol–water partition coefficient (Wildman–Crippen LogP) is 3.69. The summed E-state index contributed by atoms with van der Waals surface area (Å²) in [7, 11) is 3.12. The zero-order valence-electron chi connectivity index (χ0n) is 22.5. The average Bonchev–Trinajstić information content (AvgIpc) is 2.94. The van der Waals surface area contributed by atoms with E-state index in [1.54, 1.807) is 33.3 Å². The van der Waals surface area contributed by atoms with Gasteiger partial charge in [0, 0.05) is 30.0 Å². The highest BCUT2D eigenvalue weighted by Crippen LogP contribution is 2.58. The van der Waals surface area contributed by atoms with Gasteiger partial charge in [-0.15, -0.1) is 0 Å². The second kappa shape index (κ2) is 9.95. The number of hydrogen-bond donors (Lipinski definition) is 4. The van der Waals surface area contributed by atoms with Crippen molar-refractivity contribution in [3.05, 3.63) is 35.4 Å². The summed E-state index contributed by atoms with van der Waals surface area (Å²) in [6.45, 7) is 5.91. The SMILES string of the molecule is COc1ccc(CNC(=O)[C@@H]2CC[C@@]3(O)CC[C@H](CC3(C)C)C3=CC[C@H](O)[C@@](C)(C(=O)O)C32)c(OC)c1. The number of amides is 1. The third kappa shape index (κ3) is 4.63. The van der Waals surface area contributed by atoms with Gasteiger partial charge in [0.1, 0.15) is 11.5 Å². The molecule has 37 heavy (non-hydrogen) atoms. The van der Waals surface area contributed by atoms with Crippen LogP contribution in [0.15, 0.2) is 29.8 Å². The summed E-state index contributed by atoms with van der Waals surface area (Å²) in [6.07, 6.45) is 3.90. The zero-order chi connectivity index (χ0) is 27.2. The summed E-state index contributed by atoms with van der Waals surface area (Å²) >= 11 is 0. The van der Waals surface area contributed by atoms with Gasteiger partial charge in [0.25, 0.3) is 0 Å². The fourth-order valence-electron chi connectivity index (χ4n) is 7.08. The van der Waals surface area contributed by atoms with Crippen LogP contribution in [-0.4, -0.2) is 53.1 Å². The molecule has 1 unspecified atom stereocenters. The van der Waals surface area contributed by atoms with Gasteiger partial charge in [0.15, 0.2) is 0 Å². The first-order chi connectivity index (χ1) is 17.4. The van der Waals surface area contributed by atoms with E-state index < -0.39 is 34.9 Å². The van der Waals surface area contributed by atoms with Crippen LogP contribution >= 0.6 is 0 Å². The fraction of sp³-hybridized carbons (Fsp3) is 0.655. The number of allylic oxidation sites excluding steroid dienone is 1. The minimum atomic E-state index is -1.51. The number of carboxylic acids is 1. The number of benzene rings is 1. The molecule has 8 heteroatoms. The van der Waals surface area contributed by atoms with Crippen molar-refractivity contribution in [3.8, 4) is 11.5 Å². The first-order valence-corrected chi connectivity index (χ1v) is 13.2. The Balaban J connectivity index is 1.72. The zero-order valence-corrected chi connectivity index (χ0v) is 22.5. The van der Waals surface area contributed by atoms with Gasteiger partial charge in [-0.05, 0) is 68.9 Å². The highest BCUT2D eigenvalue weighted by atomic mass is 16.5. The topological polar surface area (TPSA) is 125 Å². The maximum atomic E-state index is 13.9. The summed E-state index contributed by atoms with van der Waals surface area (Å²) in [5.41, 5.74) is -1.11. The van der Waals surface area contributed by atoms with E-state index in [0.29, 0.717) is 30.8 Å². The maximum Gasteiger partial charge on any atom is 0.312 e. The Bertz CT molecular complexity index is 1080. The third-order valence-electron chi connectivity index (χ3n) is 9.68. The standard InChI is InChI=1S/C29H41NO7/c1-27(2)15-17-10-12-29(27,35)13-11-21(24-20(17)8-9-23(31)28(24,3)26(33)34)25(32)30-16-18-6-7-19(36-4)14-22(18)37-5/h6-8,14,17,21,23-24,31,35H,9-13,15-16H2,1-5H3,(H,30,32)(H,33,34)/t17-,21-,23+,24?,28-,29+/m1/s1. The van der Waals surface area contributed by atoms with Gasteiger partial charge in [-0.2, -0.15) is 0 Å². The van der Waals surface area contributed by atoms with E-state index in [9.17, 15) is 24.9 Å². The molecule has 8 nitrogen and oxygen atoms in total. The minimum Gasteiger partial charge on any atom is -0.497 e. The minimum absolute atomic E-state index is 0.0570. The number of aliphatic hydroxyl groups is 2. The number of fused-ring (bicyclic) bond motifs is 4. The molecule has 4 aliphatic rings. The molecule has 4 N–H and O–H groups in total. The Labute approximate surface area is 219 Å². The second-order valence-electron chi connectivity index (χ2n) is 11.9. The van der Waals surface area contributed by atoms with Crippen molar-refractivity contribution in [2.75, 3.05) is 14.2 Å². The molecular weight excluding hydrogens is 474 g/mol. The van der Waals surface area contributed by atoms with Gasteiger partial charge in [0.2, 0.25) is 5.91 Å². The number of methoxy groups -OCH3 is 2. The summed E-state index contributed by atoms with van der Waals surface area (Å²) in [5.74, 6) is -1.50. The first kappa shape index (κ1) is 27.5. The second-order valence-corrected chi connectivity index (χ2v) is 11.9. The first-order valence-electron chi connectivity index (χ1n) is 13.2. The number of carbonyl (C=O) groups is 2. The van der Waals surface area contributed by atoms with E-state index in [2.05, 4.69) is 19.2 Å². The Morgan fingerprint density at radius 1 is 1.11 bits per heavy atom. The van der Waals surface area contributed by atoms with Gasteiger partial charge in [0.05, 0.1) is 31.3 Å². The molecule has 0 radical (unpaired) electrons. The number of carboxylic acid groups (broad SMARTS) is 1. The highest BCUT2D eigenvalue weighted by Gasteiger charge is 2.59. The van der Waals surface area contributed by atoms with Crippen molar-refractivity contribution < 1.29 is 34.4 Å². The van der Waals surface area contributed by atoms with E-state index >= 15 is 0 Å². The number of rotatable bonds is 6. The third-order valence-corrected chi connectivity index (χ3v) is 9.68. The number of nitrogens with one attached hydrogen (secondary N) is 1. The molecule has 0 aliphatic heterocycles. The summed E-state index contributed by atoms with van der Waals surface area (Å²) in [6, 6.07) is 5.36. The lowest BCUT2D eigenvalue weighted by Gasteiger charge is -2.51. The molecule has 0 aromatic heterocycles. The number of aliphatic hydroxyl groups excluding tert-OH is 1. The summed E-state index contributed by atoms with van der Waals surface area (Å²) in [4.78, 5) is 26.6. The van der Waals surface area contributed by atoms with Crippen LogP contribution in [0, 0.1) is 28.6 Å². The molecule has 0 saturated heterocycles. The highest BCUT2D eigenvalue weighted by molar-refractivity contribution is 5.83. The molecule has 6 atom stereocenters. The van der Waals surface area contributed by atoms with Crippen LogP contribution in [0.4, 0.5) is 0 Å². The smallest absolute Gasteiger partial charge is 0.312 e. The molecule has 1 aromatic rings. The molecular formula is C29H41NO7. The van der Waals surface area contributed by atoms with Crippen LogP contribution in [0.25, 0.3) is 0 Å². The van der Waals surface area contributed by atoms with Crippen molar-refractivity contribution in [2.24, 2.45) is 28.6 Å². The van der Waals surface area contributed by atoms with Crippen LogP contribution in [0.3, 0.4) is 0 Å². The van der Waals surface area contributed by atoms with Gasteiger partial charge < -0.3 is 30.1 Å². The molecule has 204 valence electrons. The molecule has 5 rings (SSSR count). The lowest BCUT2D eigenvalue weighted by Crippen LogP contribution is -2.54. The molecule has 3 saturated carbocycles. The van der Waals surface area contributed by atoms with E-state index in [1.807, 2.05) is 12.1 Å². The maximum absolute atomic E-state index is 13.9. The van der Waals surface area contributed by atoms with E-state index in [0.717, 1.165) is 24.0 Å². The van der Waals surface area contributed by atoms with Crippen molar-refractivity contribution in [1.29, 1.82) is 0 Å². The molecule has 2 bridgehead atoms. The Morgan fingerprint density at radius 2 is 1.81 bits per heavy atom. The Hall–Kier alpha value is -2.58. The number of hydrogen-bond acceptors (Lipinski definition) is 6. The predicted molar refractivity (Wildman–Crippen MR) is 138 cm³/mol. The van der Waals surface area contributed by atoms with Crippen molar-refractivity contribution >= 4 is 11.9 Å². The van der Waals surface area contributed by atoms with Gasteiger partial charge >= 0.3 is 5.97 Å². The molecule has 0 spiro atoms. The van der Waals surface area contributed by atoms with E-state index in [-0.39, 0.29) is 30.2 Å². The number of ether oxygens (including phenoxy) is 2. The lowest BCUT2D eigenvalue weighted by molar-refractivity contribution is -0.163. The Kier molecular flexibility index (Phi) is 7.38. The van der Waals surface area contributed by atoms with Gasteiger partial charge in [-0.25, -0.2) is 0 Å². The molecule has 1 aromatic carbocycles. The quantitative estimate of drug-likeness (QED) is 0.426. The van der Waals surface area contributed by atoms with Crippen LogP contribution in [-0.2, 0) is 16.1 Å². The van der Waals surface area contributed by atoms with Crippen LogP contribution in [0.2, 0.25) is 0 Å². The normalized spacial score (nSPS) is 34.7. The molecule has 3 fully saturated rings. The molecule has 1 amide bonds. The average molecular weight is 516 g/mol. The number of carbonyl (C=O) groups excluding carboxylic acids is 1. The van der Waals surface area contributed by atoms with E-state index in [4.69, 9.17) is 9.47 Å². The van der Waals surface area contributed by atoms with Gasteiger partial charge in [-0.3, -0.25) is 9.59 Å². The number of aliphatic carboxylic acids is 1. The molecule has 4 aliphatic carbocycles. The lowest BCUT2D eigenvalue weighted by atomic mass is 9.55. The summed E-state index contributed by atoms with van der Waals surface area (Å²) < 4.78 is 10.7. The monoisotopic (exact) mass is 515 g/mol. The van der Waals surface area contributed by atoms with E-state index in [1.165, 1.54) is 0 Å². The fourth-order valence-corrected chi connectivity index (χ4v) is 7.08. The van der Waals surface area contributed by atoms with Crippen molar-refractivity contribution in [3.63, 3.8) is 0 Å². The largest absolute Gasteiger partial charge is 0.497 e. The van der Waals surface area contributed by atoms with Crippen LogP contribution in [0.1, 0.15) is 64.9 Å². The van der Waals surface area contributed by atoms with Gasteiger partial charge in [-0.1, -0.05) is 25.5 Å². The summed E-state index contributed by atoms with van der Waals surface area (Å²) in [5, 5.41) is 36.1. The van der Waals surface area contributed by atoms with Crippen molar-refractivity contribution in [1.82, 2.24) is 5.32 Å². The Morgan fingerprint density at radius 3 is 2.43 bits per heavy atom. The molecule has 0 heterocycles.